The average molecular weight is 170 g/mol. The molecule has 2 aromatic rings. The summed E-state index contributed by atoms with van der Waals surface area (Å²) in [6.45, 7) is 4.01. The molecule has 64 valence electrons. The van der Waals surface area contributed by atoms with Gasteiger partial charge in [-0.05, 0) is 31.0 Å². The van der Waals surface area contributed by atoms with Crippen LogP contribution in [0.5, 0.6) is 0 Å². The van der Waals surface area contributed by atoms with E-state index in [2.05, 4.69) is 29.3 Å². The Kier molecular flexibility index (Phi) is 1.60. The highest BCUT2D eigenvalue weighted by molar-refractivity contribution is 5.85. The third-order valence-corrected chi connectivity index (χ3v) is 2.33. The van der Waals surface area contributed by atoms with Crippen LogP contribution in [0.25, 0.3) is 10.9 Å². The number of benzene rings is 1. The zero-order valence-corrected chi connectivity index (χ0v) is 7.68. The fraction of sp³-hybridized carbons (Fsp3) is 0.182. The highest BCUT2D eigenvalue weighted by atomic mass is 14.7. The maximum atomic E-state index is 8.81. The van der Waals surface area contributed by atoms with E-state index in [4.69, 9.17) is 5.26 Å². The molecule has 2 rings (SSSR count). The molecular formula is C11H10N2. The van der Waals surface area contributed by atoms with Gasteiger partial charge >= 0.3 is 0 Å². The Morgan fingerprint density at radius 1 is 1.31 bits per heavy atom. The van der Waals surface area contributed by atoms with Crippen molar-refractivity contribution < 1.29 is 0 Å². The van der Waals surface area contributed by atoms with E-state index in [1.165, 1.54) is 5.56 Å². The number of aryl methyl sites for hydroxylation is 2. The molecule has 1 aromatic heterocycles. The van der Waals surface area contributed by atoms with Crippen molar-refractivity contribution in [2.45, 2.75) is 13.8 Å². The normalized spacial score (nSPS) is 10.2. The van der Waals surface area contributed by atoms with Crippen LogP contribution in [0.3, 0.4) is 0 Å². The van der Waals surface area contributed by atoms with E-state index in [1.807, 2.05) is 13.8 Å². The first-order chi connectivity index (χ1) is 6.22. The lowest BCUT2D eigenvalue weighted by Gasteiger charge is -1.92. The molecule has 0 bridgehead atoms. The summed E-state index contributed by atoms with van der Waals surface area (Å²) in [4.78, 5) is 3.09. The van der Waals surface area contributed by atoms with Crippen molar-refractivity contribution in [1.82, 2.24) is 4.98 Å². The molecule has 0 spiro atoms. The smallest absolute Gasteiger partial charge is 0.121 e. The van der Waals surface area contributed by atoms with E-state index in [0.717, 1.165) is 16.5 Å². The van der Waals surface area contributed by atoms with Gasteiger partial charge in [-0.2, -0.15) is 5.26 Å². The first-order valence-electron chi connectivity index (χ1n) is 4.21. The number of hydrogen-bond donors (Lipinski definition) is 1. The van der Waals surface area contributed by atoms with Crippen LogP contribution in [0.15, 0.2) is 18.2 Å². The van der Waals surface area contributed by atoms with Gasteiger partial charge in [0.25, 0.3) is 0 Å². The van der Waals surface area contributed by atoms with Crippen LogP contribution < -0.4 is 0 Å². The fourth-order valence-corrected chi connectivity index (χ4v) is 1.56. The average Bonchev–Trinajstić information content (AvgIpc) is 2.42. The first-order valence-corrected chi connectivity index (χ1v) is 4.21. The van der Waals surface area contributed by atoms with Crippen LogP contribution in [0.4, 0.5) is 0 Å². The number of fused-ring (bicyclic) bond motifs is 1. The largest absolute Gasteiger partial charge is 0.346 e. The Labute approximate surface area is 76.8 Å². The Morgan fingerprint density at radius 3 is 2.77 bits per heavy atom. The van der Waals surface area contributed by atoms with Gasteiger partial charge in [0.2, 0.25) is 0 Å². The highest BCUT2D eigenvalue weighted by Gasteiger charge is 2.05. The lowest BCUT2D eigenvalue weighted by atomic mass is 10.1. The van der Waals surface area contributed by atoms with E-state index in [0.29, 0.717) is 5.69 Å². The Balaban J connectivity index is 2.86. The van der Waals surface area contributed by atoms with Crippen LogP contribution in [0.1, 0.15) is 16.8 Å². The second-order valence-corrected chi connectivity index (χ2v) is 3.29. The molecule has 1 N–H and O–H groups in total. The third-order valence-electron chi connectivity index (χ3n) is 2.33. The number of nitriles is 1. The van der Waals surface area contributed by atoms with Crippen LogP contribution in [0.2, 0.25) is 0 Å². The summed E-state index contributed by atoms with van der Waals surface area (Å²) < 4.78 is 0. The number of aromatic nitrogens is 1. The third kappa shape index (κ3) is 1.09. The van der Waals surface area contributed by atoms with E-state index in [9.17, 15) is 0 Å². The quantitative estimate of drug-likeness (QED) is 0.648. The van der Waals surface area contributed by atoms with Gasteiger partial charge in [-0.3, -0.25) is 0 Å². The van der Waals surface area contributed by atoms with E-state index in [1.54, 1.807) is 0 Å². The van der Waals surface area contributed by atoms with Gasteiger partial charge < -0.3 is 4.98 Å². The first kappa shape index (κ1) is 7.88. The zero-order valence-electron chi connectivity index (χ0n) is 7.68. The van der Waals surface area contributed by atoms with Crippen LogP contribution in [-0.2, 0) is 0 Å². The zero-order chi connectivity index (χ0) is 9.42. The lowest BCUT2D eigenvalue weighted by Crippen LogP contribution is -1.73. The van der Waals surface area contributed by atoms with Crippen LogP contribution >= 0.6 is 0 Å². The molecule has 0 aliphatic heterocycles. The maximum absolute atomic E-state index is 8.81. The number of aromatic amines is 1. The van der Waals surface area contributed by atoms with Crippen molar-refractivity contribution in [3.63, 3.8) is 0 Å². The van der Waals surface area contributed by atoms with Gasteiger partial charge in [0, 0.05) is 10.9 Å². The molecule has 0 radical (unpaired) electrons. The molecule has 13 heavy (non-hydrogen) atoms. The molecule has 2 nitrogen and oxygen atoms in total. The monoisotopic (exact) mass is 170 g/mol. The number of nitrogens with one attached hydrogen (secondary N) is 1. The molecule has 1 heterocycles. The topological polar surface area (TPSA) is 39.6 Å². The summed E-state index contributed by atoms with van der Waals surface area (Å²) in [7, 11) is 0. The predicted molar refractivity (Wildman–Crippen MR) is 52.5 cm³/mol. The fourth-order valence-electron chi connectivity index (χ4n) is 1.56. The van der Waals surface area contributed by atoms with Gasteiger partial charge in [-0.1, -0.05) is 12.1 Å². The summed E-state index contributed by atoms with van der Waals surface area (Å²) in [5.74, 6) is 0. The molecule has 0 amide bonds. The molecule has 0 atom stereocenters. The molecule has 0 aliphatic carbocycles. The van der Waals surface area contributed by atoms with E-state index >= 15 is 0 Å². The highest BCUT2D eigenvalue weighted by Crippen LogP contribution is 2.21. The van der Waals surface area contributed by atoms with E-state index < -0.39 is 0 Å². The predicted octanol–water partition coefficient (Wildman–Crippen LogP) is 2.66. The van der Waals surface area contributed by atoms with Crippen LogP contribution in [0, 0.1) is 25.2 Å². The van der Waals surface area contributed by atoms with Gasteiger partial charge in [-0.25, -0.2) is 0 Å². The van der Waals surface area contributed by atoms with Crippen molar-refractivity contribution in [3.05, 3.63) is 35.0 Å². The Hall–Kier alpha value is -1.75. The van der Waals surface area contributed by atoms with Crippen molar-refractivity contribution in [3.8, 4) is 6.07 Å². The Bertz CT molecular complexity index is 501. The molecule has 0 aliphatic rings. The maximum Gasteiger partial charge on any atom is 0.121 e. The summed E-state index contributed by atoms with van der Waals surface area (Å²) in [5, 5.41) is 9.95. The standard InChI is InChI=1S/C11H10N2/c1-7-3-4-9-8(2)11(6-12)13-10(9)5-7/h3-5,13H,1-2H3. The van der Waals surface area contributed by atoms with Crippen LogP contribution in [-0.4, -0.2) is 4.98 Å². The molecule has 0 saturated heterocycles. The minimum absolute atomic E-state index is 0.667. The van der Waals surface area contributed by atoms with Gasteiger partial charge in [0.15, 0.2) is 0 Å². The second kappa shape index (κ2) is 2.63. The van der Waals surface area contributed by atoms with E-state index in [-0.39, 0.29) is 0 Å². The molecule has 0 fully saturated rings. The van der Waals surface area contributed by atoms with Crippen molar-refractivity contribution in [2.75, 3.05) is 0 Å². The van der Waals surface area contributed by atoms with Crippen molar-refractivity contribution in [2.24, 2.45) is 0 Å². The number of H-pyrrole nitrogens is 1. The van der Waals surface area contributed by atoms with Gasteiger partial charge in [-0.15, -0.1) is 0 Å². The second-order valence-electron chi connectivity index (χ2n) is 3.29. The Morgan fingerprint density at radius 2 is 2.08 bits per heavy atom. The molecule has 0 saturated carbocycles. The summed E-state index contributed by atoms with van der Waals surface area (Å²) in [5.41, 5.74) is 3.96. The minimum atomic E-state index is 0.667. The van der Waals surface area contributed by atoms with Crippen molar-refractivity contribution in [1.29, 1.82) is 5.26 Å². The lowest BCUT2D eigenvalue weighted by molar-refractivity contribution is 1.32. The SMILES string of the molecule is Cc1ccc2c(C)c(C#N)[nH]c2c1. The van der Waals surface area contributed by atoms with Gasteiger partial charge in [0.1, 0.15) is 11.8 Å². The summed E-state index contributed by atoms with van der Waals surface area (Å²) in [6.07, 6.45) is 0. The summed E-state index contributed by atoms with van der Waals surface area (Å²) >= 11 is 0. The molecule has 1 aromatic carbocycles. The summed E-state index contributed by atoms with van der Waals surface area (Å²) in [6, 6.07) is 8.32. The number of hydrogen-bond acceptors (Lipinski definition) is 1. The van der Waals surface area contributed by atoms with Crippen molar-refractivity contribution >= 4 is 10.9 Å². The van der Waals surface area contributed by atoms with Gasteiger partial charge in [0.05, 0.1) is 0 Å². The number of rotatable bonds is 0. The molecule has 2 heteroatoms. The minimum Gasteiger partial charge on any atom is -0.346 e. The molecular weight excluding hydrogens is 160 g/mol. The number of nitrogens with zero attached hydrogens (tertiary/aromatic N) is 1. The molecule has 0 unspecified atom stereocenters.